The Kier molecular flexibility index (Phi) is 5.19. The molecule has 3 aromatic rings. The fourth-order valence-corrected chi connectivity index (χ4v) is 3.96. The maximum atomic E-state index is 12.5. The fourth-order valence-electron chi connectivity index (χ4n) is 3.96. The van der Waals surface area contributed by atoms with Gasteiger partial charge in [0.25, 0.3) is 5.91 Å². The highest BCUT2D eigenvalue weighted by atomic mass is 16.4. The van der Waals surface area contributed by atoms with E-state index >= 15 is 0 Å². The van der Waals surface area contributed by atoms with Crippen molar-refractivity contribution in [3.8, 4) is 11.3 Å². The SMILES string of the molecule is CC(C)(NC(=O)c1cccc(-c2cnc3[nH]c(C4=CCN(C(=O)C5CC5)C4)cc3c2)n1)C(=O)O. The van der Waals surface area contributed by atoms with Crippen LogP contribution >= 0.6 is 0 Å². The van der Waals surface area contributed by atoms with Crippen molar-refractivity contribution in [2.24, 2.45) is 5.92 Å². The van der Waals surface area contributed by atoms with E-state index in [0.29, 0.717) is 18.8 Å². The number of aromatic amines is 1. The number of fused-ring (bicyclic) bond motifs is 1. The molecule has 34 heavy (non-hydrogen) atoms. The number of carbonyl (C=O) groups is 3. The van der Waals surface area contributed by atoms with Crippen LogP contribution in [0.5, 0.6) is 0 Å². The van der Waals surface area contributed by atoms with Crippen molar-refractivity contribution in [1.82, 2.24) is 25.2 Å². The molecular formula is C25H25N5O4. The highest BCUT2D eigenvalue weighted by Crippen LogP contribution is 2.33. The Bertz CT molecular complexity index is 1350. The monoisotopic (exact) mass is 459 g/mol. The smallest absolute Gasteiger partial charge is 0.328 e. The summed E-state index contributed by atoms with van der Waals surface area (Å²) < 4.78 is 0. The summed E-state index contributed by atoms with van der Waals surface area (Å²) in [7, 11) is 0. The van der Waals surface area contributed by atoms with Crippen LogP contribution in [0.25, 0.3) is 27.9 Å². The van der Waals surface area contributed by atoms with E-state index in [1.807, 2.05) is 17.0 Å². The zero-order valence-corrected chi connectivity index (χ0v) is 19.0. The molecule has 0 radical (unpaired) electrons. The molecule has 5 rings (SSSR count). The summed E-state index contributed by atoms with van der Waals surface area (Å²) in [5.74, 6) is -1.25. The van der Waals surface area contributed by atoms with Crippen LogP contribution in [0, 0.1) is 5.92 Å². The van der Waals surface area contributed by atoms with Crippen LogP contribution in [0.2, 0.25) is 0 Å². The van der Waals surface area contributed by atoms with E-state index in [-0.39, 0.29) is 17.5 Å². The number of pyridine rings is 2. The number of carboxylic acids is 1. The van der Waals surface area contributed by atoms with E-state index in [2.05, 4.69) is 26.3 Å². The summed E-state index contributed by atoms with van der Waals surface area (Å²) in [5.41, 5.74) is 2.73. The van der Waals surface area contributed by atoms with E-state index in [4.69, 9.17) is 0 Å². The lowest BCUT2D eigenvalue weighted by Gasteiger charge is -2.20. The van der Waals surface area contributed by atoms with Crippen LogP contribution in [-0.4, -0.2) is 61.4 Å². The number of H-pyrrole nitrogens is 1. The Morgan fingerprint density at radius 2 is 2.00 bits per heavy atom. The number of hydrogen-bond donors (Lipinski definition) is 3. The van der Waals surface area contributed by atoms with Gasteiger partial charge in [0.2, 0.25) is 5.91 Å². The van der Waals surface area contributed by atoms with E-state index in [9.17, 15) is 19.5 Å². The quantitative estimate of drug-likeness (QED) is 0.520. The molecule has 0 atom stereocenters. The maximum Gasteiger partial charge on any atom is 0.328 e. The predicted molar refractivity (Wildman–Crippen MR) is 126 cm³/mol. The van der Waals surface area contributed by atoms with Crippen molar-refractivity contribution in [3.63, 3.8) is 0 Å². The van der Waals surface area contributed by atoms with Crippen molar-refractivity contribution < 1.29 is 19.5 Å². The molecule has 0 saturated heterocycles. The minimum Gasteiger partial charge on any atom is -0.480 e. The first-order valence-electron chi connectivity index (χ1n) is 11.2. The number of carboxylic acid groups (broad SMARTS) is 1. The second kappa shape index (κ2) is 8.09. The molecule has 2 amide bonds. The standard InChI is InChI=1S/C25H25N5O4/c1-25(2,24(33)34)29-22(31)19-5-3-4-18(27-19)17-10-16-11-20(28-21(16)26-12-17)15-8-9-30(13-15)23(32)14-6-7-14/h3-5,8,10-12,14H,6-7,9,13H2,1-2H3,(H,26,28)(H,29,31)(H,33,34). The van der Waals surface area contributed by atoms with Gasteiger partial charge in [-0.1, -0.05) is 12.1 Å². The fraction of sp³-hybridized carbons (Fsp3) is 0.320. The van der Waals surface area contributed by atoms with Gasteiger partial charge in [-0.25, -0.2) is 14.8 Å². The normalized spacial score (nSPS) is 15.9. The molecule has 1 fully saturated rings. The minimum atomic E-state index is -1.41. The summed E-state index contributed by atoms with van der Waals surface area (Å²) in [6.07, 6.45) is 5.75. The van der Waals surface area contributed by atoms with Crippen LogP contribution in [0.1, 0.15) is 42.9 Å². The van der Waals surface area contributed by atoms with Crippen LogP contribution in [-0.2, 0) is 9.59 Å². The Hall–Kier alpha value is -4.01. The highest BCUT2D eigenvalue weighted by Gasteiger charge is 2.35. The Labute approximate surface area is 195 Å². The third-order valence-corrected chi connectivity index (χ3v) is 6.21. The van der Waals surface area contributed by atoms with E-state index in [1.165, 1.54) is 13.8 Å². The Balaban J connectivity index is 1.36. The zero-order chi connectivity index (χ0) is 24.0. The Morgan fingerprint density at radius 3 is 2.74 bits per heavy atom. The van der Waals surface area contributed by atoms with Gasteiger partial charge in [-0.2, -0.15) is 0 Å². The molecule has 2 aliphatic rings. The molecule has 0 unspecified atom stereocenters. The summed E-state index contributed by atoms with van der Waals surface area (Å²) in [5, 5.41) is 12.6. The summed E-state index contributed by atoms with van der Waals surface area (Å²) in [6, 6.07) is 8.96. The highest BCUT2D eigenvalue weighted by molar-refractivity contribution is 5.96. The first kappa shape index (κ1) is 21.8. The van der Waals surface area contributed by atoms with Gasteiger partial charge in [0.05, 0.1) is 5.69 Å². The van der Waals surface area contributed by atoms with E-state index in [1.54, 1.807) is 24.4 Å². The molecule has 9 nitrogen and oxygen atoms in total. The molecule has 1 aliphatic carbocycles. The average Bonchev–Trinajstić information content (AvgIpc) is 3.38. The third-order valence-electron chi connectivity index (χ3n) is 6.21. The molecule has 0 spiro atoms. The topological polar surface area (TPSA) is 128 Å². The van der Waals surface area contributed by atoms with Crippen LogP contribution in [0.4, 0.5) is 0 Å². The summed E-state index contributed by atoms with van der Waals surface area (Å²) >= 11 is 0. The van der Waals surface area contributed by atoms with Crippen molar-refractivity contribution in [3.05, 3.63) is 54.0 Å². The van der Waals surface area contributed by atoms with Gasteiger partial charge in [-0.15, -0.1) is 0 Å². The van der Waals surface area contributed by atoms with Crippen molar-refractivity contribution in [2.45, 2.75) is 32.2 Å². The van der Waals surface area contributed by atoms with Gasteiger partial charge < -0.3 is 20.3 Å². The number of nitrogens with one attached hydrogen (secondary N) is 2. The number of aromatic nitrogens is 3. The second-order valence-corrected chi connectivity index (χ2v) is 9.36. The van der Waals surface area contributed by atoms with Gasteiger partial charge in [0.15, 0.2) is 0 Å². The number of nitrogens with zero attached hydrogens (tertiary/aromatic N) is 3. The van der Waals surface area contributed by atoms with Crippen molar-refractivity contribution in [1.29, 1.82) is 0 Å². The van der Waals surface area contributed by atoms with Crippen LogP contribution in [0.15, 0.2) is 42.6 Å². The number of aliphatic carboxylic acids is 1. The molecule has 3 N–H and O–H groups in total. The molecule has 0 bridgehead atoms. The van der Waals surface area contributed by atoms with Gasteiger partial charge >= 0.3 is 5.97 Å². The lowest BCUT2D eigenvalue weighted by molar-refractivity contribution is -0.143. The van der Waals surface area contributed by atoms with E-state index in [0.717, 1.165) is 40.7 Å². The van der Waals surface area contributed by atoms with Crippen LogP contribution in [0.3, 0.4) is 0 Å². The first-order chi connectivity index (χ1) is 16.2. The third kappa shape index (κ3) is 4.16. The van der Waals surface area contributed by atoms with Gasteiger partial charge in [-0.3, -0.25) is 9.59 Å². The molecule has 1 saturated carbocycles. The lowest BCUT2D eigenvalue weighted by atomic mass is 10.1. The van der Waals surface area contributed by atoms with Gasteiger partial charge in [0, 0.05) is 41.8 Å². The zero-order valence-electron chi connectivity index (χ0n) is 19.0. The molecular weight excluding hydrogens is 434 g/mol. The number of hydrogen-bond acceptors (Lipinski definition) is 5. The molecule has 3 aromatic heterocycles. The van der Waals surface area contributed by atoms with Gasteiger partial charge in [-0.05, 0) is 56.5 Å². The first-order valence-corrected chi connectivity index (χ1v) is 11.2. The molecule has 174 valence electrons. The number of rotatable bonds is 6. The van der Waals surface area contributed by atoms with Crippen molar-refractivity contribution in [2.75, 3.05) is 13.1 Å². The lowest BCUT2D eigenvalue weighted by Crippen LogP contribution is -2.49. The second-order valence-electron chi connectivity index (χ2n) is 9.36. The predicted octanol–water partition coefficient (Wildman–Crippen LogP) is 2.85. The minimum absolute atomic E-state index is 0.123. The molecule has 0 aromatic carbocycles. The largest absolute Gasteiger partial charge is 0.480 e. The summed E-state index contributed by atoms with van der Waals surface area (Å²) in [6.45, 7) is 4.06. The van der Waals surface area contributed by atoms with Crippen LogP contribution < -0.4 is 5.32 Å². The van der Waals surface area contributed by atoms with E-state index < -0.39 is 17.4 Å². The van der Waals surface area contributed by atoms with Gasteiger partial charge in [0.1, 0.15) is 16.9 Å². The summed E-state index contributed by atoms with van der Waals surface area (Å²) in [4.78, 5) is 50.4. The number of carbonyl (C=O) groups excluding carboxylic acids is 2. The molecule has 1 aliphatic heterocycles. The Morgan fingerprint density at radius 1 is 1.21 bits per heavy atom. The maximum absolute atomic E-state index is 12.5. The van der Waals surface area contributed by atoms with Crippen molar-refractivity contribution >= 4 is 34.4 Å². The average molecular weight is 460 g/mol. The molecule has 9 heteroatoms. The molecule has 4 heterocycles. The number of amides is 2.